The number of carbonyl (C=O) groups excluding carboxylic acids is 1. The van der Waals surface area contributed by atoms with Crippen molar-refractivity contribution in [2.75, 3.05) is 0 Å². The fourth-order valence-electron chi connectivity index (χ4n) is 1.48. The molecule has 18 heavy (non-hydrogen) atoms. The number of carbonyl (C=O) groups is 1. The number of aromatic nitrogens is 2. The van der Waals surface area contributed by atoms with Gasteiger partial charge in [-0.25, -0.2) is 4.68 Å². The second-order valence-corrected chi connectivity index (χ2v) is 4.41. The molecule has 94 valence electrons. The maximum absolute atomic E-state index is 12.7. The van der Waals surface area contributed by atoms with E-state index >= 15 is 0 Å². The number of benzene rings is 1. The standard InChI is InChI=1S/C11H6BrF3N2O/c12-8-4-16-17(5-8)9-2-1-7(6-18)10(3-9)11(13,14)15/h1-6H. The SMILES string of the molecule is O=Cc1ccc(-n2cc(Br)cn2)cc1C(F)(F)F. The minimum atomic E-state index is -4.57. The van der Waals surface area contributed by atoms with Gasteiger partial charge in [0.15, 0.2) is 6.29 Å². The molecule has 0 bridgehead atoms. The molecule has 0 aliphatic carbocycles. The third kappa shape index (κ3) is 2.45. The maximum atomic E-state index is 12.7. The first-order chi connectivity index (χ1) is 8.41. The minimum absolute atomic E-state index is 0.186. The molecule has 0 radical (unpaired) electrons. The minimum Gasteiger partial charge on any atom is -0.298 e. The molecule has 2 rings (SSSR count). The van der Waals surface area contributed by atoms with Gasteiger partial charge in [0.2, 0.25) is 0 Å². The number of hydrogen-bond acceptors (Lipinski definition) is 2. The van der Waals surface area contributed by atoms with Crippen LogP contribution >= 0.6 is 15.9 Å². The van der Waals surface area contributed by atoms with Gasteiger partial charge in [-0.3, -0.25) is 4.79 Å². The molecule has 0 N–H and O–H groups in total. The molecule has 0 unspecified atom stereocenters. The Bertz CT molecular complexity index is 592. The van der Waals surface area contributed by atoms with Crippen molar-refractivity contribution in [3.63, 3.8) is 0 Å². The molecule has 0 aliphatic heterocycles. The smallest absolute Gasteiger partial charge is 0.298 e. The monoisotopic (exact) mass is 318 g/mol. The van der Waals surface area contributed by atoms with E-state index in [-0.39, 0.29) is 12.0 Å². The van der Waals surface area contributed by atoms with Gasteiger partial charge in [-0.15, -0.1) is 0 Å². The molecule has 2 aromatic rings. The fourth-order valence-corrected chi connectivity index (χ4v) is 1.76. The van der Waals surface area contributed by atoms with E-state index in [0.29, 0.717) is 4.47 Å². The van der Waals surface area contributed by atoms with Gasteiger partial charge in [-0.05, 0) is 34.1 Å². The summed E-state index contributed by atoms with van der Waals surface area (Å²) in [4.78, 5) is 10.6. The quantitative estimate of drug-likeness (QED) is 0.795. The molecular formula is C11H6BrF3N2O. The number of hydrogen-bond donors (Lipinski definition) is 0. The summed E-state index contributed by atoms with van der Waals surface area (Å²) in [6.45, 7) is 0. The lowest BCUT2D eigenvalue weighted by Gasteiger charge is -2.11. The lowest BCUT2D eigenvalue weighted by Crippen LogP contribution is -2.10. The molecule has 7 heteroatoms. The van der Waals surface area contributed by atoms with E-state index in [1.807, 2.05) is 0 Å². The Kier molecular flexibility index (Phi) is 3.25. The van der Waals surface area contributed by atoms with Crippen LogP contribution in [0.1, 0.15) is 15.9 Å². The Morgan fingerprint density at radius 2 is 2.06 bits per heavy atom. The van der Waals surface area contributed by atoms with E-state index in [9.17, 15) is 18.0 Å². The van der Waals surface area contributed by atoms with Gasteiger partial charge in [0.05, 0.1) is 21.9 Å². The van der Waals surface area contributed by atoms with Crippen LogP contribution < -0.4 is 0 Å². The summed E-state index contributed by atoms with van der Waals surface area (Å²) in [5.41, 5.74) is -1.13. The zero-order chi connectivity index (χ0) is 13.3. The highest BCUT2D eigenvalue weighted by Crippen LogP contribution is 2.32. The number of rotatable bonds is 2. The van der Waals surface area contributed by atoms with Crippen LogP contribution in [0.25, 0.3) is 5.69 Å². The Balaban J connectivity index is 2.56. The predicted molar refractivity (Wildman–Crippen MR) is 61.7 cm³/mol. The van der Waals surface area contributed by atoms with Crippen LogP contribution in [0.15, 0.2) is 35.1 Å². The van der Waals surface area contributed by atoms with E-state index in [0.717, 1.165) is 12.1 Å². The van der Waals surface area contributed by atoms with Crippen molar-refractivity contribution >= 4 is 22.2 Å². The number of aldehydes is 1. The molecule has 1 heterocycles. The molecule has 0 saturated heterocycles. The van der Waals surface area contributed by atoms with Crippen LogP contribution in [0, 0.1) is 0 Å². The largest absolute Gasteiger partial charge is 0.417 e. The van der Waals surface area contributed by atoms with Gasteiger partial charge in [-0.1, -0.05) is 0 Å². The van der Waals surface area contributed by atoms with E-state index in [1.165, 1.54) is 23.1 Å². The highest BCUT2D eigenvalue weighted by atomic mass is 79.9. The Labute approximate surface area is 108 Å². The van der Waals surface area contributed by atoms with Gasteiger partial charge in [0.1, 0.15) is 0 Å². The molecule has 1 aromatic carbocycles. The number of nitrogens with zero attached hydrogens (tertiary/aromatic N) is 2. The number of halogens is 4. The first-order valence-electron chi connectivity index (χ1n) is 4.79. The summed E-state index contributed by atoms with van der Waals surface area (Å²) >= 11 is 3.15. The van der Waals surface area contributed by atoms with Gasteiger partial charge in [0, 0.05) is 11.8 Å². The van der Waals surface area contributed by atoms with Crippen LogP contribution in [0.5, 0.6) is 0 Å². The summed E-state index contributed by atoms with van der Waals surface area (Å²) in [6.07, 6.45) is -1.40. The summed E-state index contributed by atoms with van der Waals surface area (Å²) < 4.78 is 40.1. The first-order valence-corrected chi connectivity index (χ1v) is 5.58. The maximum Gasteiger partial charge on any atom is 0.417 e. The molecular weight excluding hydrogens is 313 g/mol. The average molecular weight is 319 g/mol. The van der Waals surface area contributed by atoms with E-state index in [4.69, 9.17) is 0 Å². The molecule has 0 saturated carbocycles. The van der Waals surface area contributed by atoms with E-state index in [1.54, 1.807) is 0 Å². The Morgan fingerprint density at radius 1 is 1.33 bits per heavy atom. The molecule has 0 atom stereocenters. The lowest BCUT2D eigenvalue weighted by molar-refractivity contribution is -0.137. The lowest BCUT2D eigenvalue weighted by atomic mass is 10.1. The molecule has 0 aliphatic rings. The van der Waals surface area contributed by atoms with Crippen molar-refractivity contribution in [2.45, 2.75) is 6.18 Å². The Hall–Kier alpha value is -1.63. The third-order valence-corrected chi connectivity index (χ3v) is 2.69. The highest BCUT2D eigenvalue weighted by molar-refractivity contribution is 9.10. The van der Waals surface area contributed by atoms with Crippen LogP contribution in [0.4, 0.5) is 13.2 Å². The fraction of sp³-hybridized carbons (Fsp3) is 0.0909. The van der Waals surface area contributed by atoms with Crippen molar-refractivity contribution in [2.24, 2.45) is 0 Å². The zero-order valence-corrected chi connectivity index (χ0v) is 10.4. The van der Waals surface area contributed by atoms with Crippen molar-refractivity contribution < 1.29 is 18.0 Å². The summed E-state index contributed by atoms with van der Waals surface area (Å²) in [5, 5.41) is 3.88. The second-order valence-electron chi connectivity index (χ2n) is 3.49. The van der Waals surface area contributed by atoms with Crippen molar-refractivity contribution in [3.05, 3.63) is 46.2 Å². The first kappa shape index (κ1) is 12.8. The predicted octanol–water partition coefficient (Wildman–Crippen LogP) is 3.47. The molecule has 3 nitrogen and oxygen atoms in total. The normalized spacial score (nSPS) is 11.6. The number of alkyl halides is 3. The zero-order valence-electron chi connectivity index (χ0n) is 8.78. The van der Waals surface area contributed by atoms with Gasteiger partial charge in [-0.2, -0.15) is 18.3 Å². The van der Waals surface area contributed by atoms with Crippen molar-refractivity contribution in [3.8, 4) is 5.69 Å². The van der Waals surface area contributed by atoms with Crippen LogP contribution in [-0.4, -0.2) is 16.1 Å². The second kappa shape index (κ2) is 4.56. The van der Waals surface area contributed by atoms with Crippen molar-refractivity contribution in [1.29, 1.82) is 0 Å². The Morgan fingerprint density at radius 3 is 2.56 bits per heavy atom. The summed E-state index contributed by atoms with van der Waals surface area (Å²) in [7, 11) is 0. The summed E-state index contributed by atoms with van der Waals surface area (Å²) in [5.74, 6) is 0. The summed E-state index contributed by atoms with van der Waals surface area (Å²) in [6, 6.07) is 3.42. The van der Waals surface area contributed by atoms with Gasteiger partial charge < -0.3 is 0 Å². The topological polar surface area (TPSA) is 34.9 Å². The third-order valence-electron chi connectivity index (χ3n) is 2.28. The van der Waals surface area contributed by atoms with Crippen LogP contribution in [-0.2, 0) is 6.18 Å². The van der Waals surface area contributed by atoms with Gasteiger partial charge in [0.25, 0.3) is 0 Å². The molecule has 1 aromatic heterocycles. The molecule has 0 fully saturated rings. The van der Waals surface area contributed by atoms with E-state index in [2.05, 4.69) is 21.0 Å². The van der Waals surface area contributed by atoms with Crippen LogP contribution in [0.2, 0.25) is 0 Å². The molecule has 0 amide bonds. The van der Waals surface area contributed by atoms with Crippen LogP contribution in [0.3, 0.4) is 0 Å². The highest BCUT2D eigenvalue weighted by Gasteiger charge is 2.33. The van der Waals surface area contributed by atoms with E-state index < -0.39 is 17.3 Å². The molecule has 0 spiro atoms. The van der Waals surface area contributed by atoms with Gasteiger partial charge >= 0.3 is 6.18 Å². The van der Waals surface area contributed by atoms with Crippen molar-refractivity contribution in [1.82, 2.24) is 9.78 Å². The average Bonchev–Trinajstić information content (AvgIpc) is 2.74.